The van der Waals surface area contributed by atoms with Gasteiger partial charge in [0.05, 0.1) is 10.8 Å². The van der Waals surface area contributed by atoms with E-state index in [0.717, 1.165) is 12.1 Å². The van der Waals surface area contributed by atoms with E-state index in [0.29, 0.717) is 32.7 Å². The number of hydrogen-bond donors (Lipinski definition) is 0. The summed E-state index contributed by atoms with van der Waals surface area (Å²) in [7, 11) is 3.47. The number of hydrogen-bond acceptors (Lipinski definition) is 4. The van der Waals surface area contributed by atoms with Crippen molar-refractivity contribution in [3.8, 4) is 11.4 Å². The lowest BCUT2D eigenvalue weighted by molar-refractivity contribution is -0.125. The van der Waals surface area contributed by atoms with Gasteiger partial charge in [-0.25, -0.2) is 0 Å². The Morgan fingerprint density at radius 3 is 2.58 bits per heavy atom. The Morgan fingerprint density at radius 2 is 2.00 bits per heavy atom. The highest BCUT2D eigenvalue weighted by molar-refractivity contribution is 7.99. The van der Waals surface area contributed by atoms with Crippen LogP contribution in [-0.2, 0) is 11.3 Å². The zero-order valence-electron chi connectivity index (χ0n) is 14.1. The summed E-state index contributed by atoms with van der Waals surface area (Å²) < 4.78 is 2.01. The van der Waals surface area contributed by atoms with Crippen LogP contribution in [-0.4, -0.2) is 45.4 Å². The van der Waals surface area contributed by atoms with Gasteiger partial charge in [0.1, 0.15) is 0 Å². The van der Waals surface area contributed by atoms with Gasteiger partial charge in [0, 0.05) is 31.2 Å². The summed E-state index contributed by atoms with van der Waals surface area (Å²) in [6.07, 6.45) is 0. The van der Waals surface area contributed by atoms with Gasteiger partial charge in [-0.1, -0.05) is 48.8 Å². The first-order chi connectivity index (χ1) is 11.3. The summed E-state index contributed by atoms with van der Waals surface area (Å²) in [6.45, 7) is 4.97. The second kappa shape index (κ2) is 8.23. The number of rotatable bonds is 6. The molecular weight excluding hydrogens is 367 g/mol. The van der Waals surface area contributed by atoms with Crippen molar-refractivity contribution in [3.63, 3.8) is 0 Å². The minimum atomic E-state index is 0.0326. The Kier molecular flexibility index (Phi) is 6.54. The molecule has 0 aliphatic heterocycles. The summed E-state index contributed by atoms with van der Waals surface area (Å²) in [5.74, 6) is 1.43. The number of halogens is 2. The van der Waals surface area contributed by atoms with Gasteiger partial charge >= 0.3 is 0 Å². The first-order valence-corrected chi connectivity index (χ1v) is 9.25. The molecule has 1 amide bonds. The quantitative estimate of drug-likeness (QED) is 0.701. The molecular formula is C16H20Cl2N4OS. The van der Waals surface area contributed by atoms with Crippen molar-refractivity contribution in [3.05, 3.63) is 28.2 Å². The fraction of sp³-hybridized carbons (Fsp3) is 0.438. The van der Waals surface area contributed by atoms with Gasteiger partial charge in [-0.05, 0) is 24.1 Å². The van der Waals surface area contributed by atoms with Crippen molar-refractivity contribution in [2.24, 2.45) is 5.92 Å². The lowest BCUT2D eigenvalue weighted by atomic mass is 10.2. The van der Waals surface area contributed by atoms with E-state index in [-0.39, 0.29) is 5.91 Å². The lowest BCUT2D eigenvalue weighted by Crippen LogP contribution is -2.23. The van der Waals surface area contributed by atoms with Crippen molar-refractivity contribution in [1.82, 2.24) is 19.7 Å². The second-order valence-corrected chi connectivity index (χ2v) is 7.80. The fourth-order valence-corrected chi connectivity index (χ4v) is 3.47. The van der Waals surface area contributed by atoms with Gasteiger partial charge in [-0.2, -0.15) is 0 Å². The molecule has 2 aromatic rings. The number of thioether (sulfide) groups is 1. The molecule has 0 aliphatic rings. The molecule has 0 saturated carbocycles. The maximum absolute atomic E-state index is 11.8. The Bertz CT molecular complexity index is 731. The van der Waals surface area contributed by atoms with E-state index in [9.17, 15) is 4.79 Å². The third-order valence-electron chi connectivity index (χ3n) is 3.26. The van der Waals surface area contributed by atoms with Crippen LogP contribution in [0.25, 0.3) is 11.4 Å². The summed E-state index contributed by atoms with van der Waals surface area (Å²) in [5, 5.41) is 10.4. The Morgan fingerprint density at radius 1 is 1.29 bits per heavy atom. The van der Waals surface area contributed by atoms with Gasteiger partial charge in [0.25, 0.3) is 0 Å². The fourth-order valence-electron chi connectivity index (χ4n) is 2.05. The van der Waals surface area contributed by atoms with Crippen LogP contribution >= 0.6 is 35.0 Å². The molecule has 0 atom stereocenters. The highest BCUT2D eigenvalue weighted by Crippen LogP contribution is 2.32. The number of amides is 1. The number of carbonyl (C=O) groups is 1. The molecule has 0 saturated heterocycles. The highest BCUT2D eigenvalue weighted by atomic mass is 35.5. The monoisotopic (exact) mass is 386 g/mol. The van der Waals surface area contributed by atoms with Crippen molar-refractivity contribution >= 4 is 40.9 Å². The molecule has 0 N–H and O–H groups in total. The average molecular weight is 387 g/mol. The molecule has 1 aromatic heterocycles. The van der Waals surface area contributed by atoms with Crippen molar-refractivity contribution in [2.45, 2.75) is 25.5 Å². The van der Waals surface area contributed by atoms with Crippen LogP contribution in [0.15, 0.2) is 23.4 Å². The average Bonchev–Trinajstić information content (AvgIpc) is 2.86. The molecule has 2 rings (SSSR count). The van der Waals surface area contributed by atoms with E-state index in [4.69, 9.17) is 23.2 Å². The zero-order chi connectivity index (χ0) is 17.9. The molecule has 0 aliphatic carbocycles. The van der Waals surface area contributed by atoms with Crippen LogP contribution in [0.4, 0.5) is 0 Å². The molecule has 0 fully saturated rings. The minimum Gasteiger partial charge on any atom is -0.348 e. The van der Waals surface area contributed by atoms with E-state index in [2.05, 4.69) is 24.0 Å². The molecule has 5 nitrogen and oxygen atoms in total. The van der Waals surface area contributed by atoms with Crippen LogP contribution in [0, 0.1) is 5.92 Å². The molecule has 1 heterocycles. The molecule has 0 radical (unpaired) electrons. The summed E-state index contributed by atoms with van der Waals surface area (Å²) in [6, 6.07) is 5.31. The highest BCUT2D eigenvalue weighted by Gasteiger charge is 2.18. The Balaban J connectivity index is 2.36. The normalized spacial score (nSPS) is 11.1. The van der Waals surface area contributed by atoms with Gasteiger partial charge in [0.2, 0.25) is 5.91 Å². The Labute approximate surface area is 156 Å². The predicted octanol–water partition coefficient (Wildman–Crippen LogP) is 4.09. The van der Waals surface area contributed by atoms with Gasteiger partial charge < -0.3 is 9.47 Å². The topological polar surface area (TPSA) is 51.0 Å². The van der Waals surface area contributed by atoms with Crippen LogP contribution in [0.1, 0.15) is 13.8 Å². The van der Waals surface area contributed by atoms with E-state index < -0.39 is 0 Å². The number of aromatic nitrogens is 3. The van der Waals surface area contributed by atoms with Gasteiger partial charge in [0.15, 0.2) is 11.0 Å². The maximum atomic E-state index is 11.8. The summed E-state index contributed by atoms with van der Waals surface area (Å²) >= 11 is 13.7. The molecule has 0 unspecified atom stereocenters. The number of benzene rings is 1. The van der Waals surface area contributed by atoms with E-state index in [1.165, 1.54) is 11.8 Å². The largest absolute Gasteiger partial charge is 0.348 e. The number of nitrogens with zero attached hydrogens (tertiary/aromatic N) is 4. The molecule has 130 valence electrons. The zero-order valence-corrected chi connectivity index (χ0v) is 16.4. The first kappa shape index (κ1) is 19.1. The molecule has 8 heteroatoms. The maximum Gasteiger partial charge on any atom is 0.232 e. The summed E-state index contributed by atoms with van der Waals surface area (Å²) in [5.41, 5.74) is 0.778. The molecule has 0 bridgehead atoms. The van der Waals surface area contributed by atoms with Crippen molar-refractivity contribution in [2.75, 3.05) is 19.8 Å². The second-order valence-electron chi connectivity index (χ2n) is 6.01. The third-order valence-corrected chi connectivity index (χ3v) is 4.76. The number of carbonyl (C=O) groups excluding carboxylic acids is 1. The van der Waals surface area contributed by atoms with E-state index in [1.807, 2.05) is 10.6 Å². The molecule has 1 aromatic carbocycles. The van der Waals surface area contributed by atoms with Gasteiger partial charge in [-0.15, -0.1) is 10.2 Å². The molecule has 24 heavy (non-hydrogen) atoms. The van der Waals surface area contributed by atoms with Crippen LogP contribution < -0.4 is 0 Å². The lowest BCUT2D eigenvalue weighted by Gasteiger charge is -2.14. The van der Waals surface area contributed by atoms with Crippen molar-refractivity contribution < 1.29 is 4.79 Å². The SMILES string of the molecule is CC(C)Cn1c(SCC(=O)N(C)C)nnc1-c1ccc(Cl)cc1Cl. The smallest absolute Gasteiger partial charge is 0.232 e. The van der Waals surface area contributed by atoms with E-state index in [1.54, 1.807) is 31.1 Å². The predicted molar refractivity (Wildman–Crippen MR) is 99.7 cm³/mol. The summed E-state index contributed by atoms with van der Waals surface area (Å²) in [4.78, 5) is 13.4. The van der Waals surface area contributed by atoms with Crippen LogP contribution in [0.5, 0.6) is 0 Å². The molecule has 0 spiro atoms. The van der Waals surface area contributed by atoms with Gasteiger partial charge in [-0.3, -0.25) is 4.79 Å². The standard InChI is InChI=1S/C16H20Cl2N4OS/c1-10(2)8-22-15(12-6-5-11(17)7-13(12)18)19-20-16(22)24-9-14(23)21(3)4/h5-7,10H,8-9H2,1-4H3. The van der Waals surface area contributed by atoms with Crippen LogP contribution in [0.2, 0.25) is 10.0 Å². The minimum absolute atomic E-state index is 0.0326. The first-order valence-electron chi connectivity index (χ1n) is 7.51. The Hall–Kier alpha value is -1.24. The van der Waals surface area contributed by atoms with Crippen molar-refractivity contribution in [1.29, 1.82) is 0 Å². The van der Waals surface area contributed by atoms with Crippen LogP contribution in [0.3, 0.4) is 0 Å². The van der Waals surface area contributed by atoms with E-state index >= 15 is 0 Å². The third kappa shape index (κ3) is 4.65.